The first kappa shape index (κ1) is 24.4. The van der Waals surface area contributed by atoms with Crippen LogP contribution in [0, 0.1) is 0 Å². The lowest BCUT2D eigenvalue weighted by atomic mass is 9.94. The molecule has 1 amide bonds. The smallest absolute Gasteiger partial charge is 0.273 e. The van der Waals surface area contributed by atoms with Gasteiger partial charge in [0.05, 0.1) is 19.0 Å². The van der Waals surface area contributed by atoms with Crippen LogP contribution in [-0.4, -0.2) is 85.9 Å². The Balaban J connectivity index is 1.25. The van der Waals surface area contributed by atoms with Gasteiger partial charge in [-0.05, 0) is 37.7 Å². The molecule has 0 radical (unpaired) electrons. The van der Waals surface area contributed by atoms with E-state index in [1.54, 1.807) is 10.4 Å². The minimum Gasteiger partial charge on any atom is -0.379 e. The number of nitrogens with one attached hydrogen (secondary N) is 1. The number of benzene rings is 1. The summed E-state index contributed by atoms with van der Waals surface area (Å²) in [6, 6.07) is 11.3. The molecule has 2 atom stereocenters. The third kappa shape index (κ3) is 6.30. The van der Waals surface area contributed by atoms with E-state index in [4.69, 9.17) is 9.26 Å². The van der Waals surface area contributed by atoms with Crippen LogP contribution in [0.15, 0.2) is 40.9 Å². The molecule has 2 saturated heterocycles. The molecular weight excluding hydrogens is 468 g/mol. The maximum atomic E-state index is 13.4. The molecule has 2 aromatic rings. The number of sulfonamides is 1. The number of morpholine rings is 1. The van der Waals surface area contributed by atoms with E-state index in [0.717, 1.165) is 37.3 Å². The molecule has 3 aliphatic rings. The number of carbonyl (C=O) groups is 1. The molecule has 0 spiro atoms. The lowest BCUT2D eigenvalue weighted by Gasteiger charge is -2.39. The molecule has 5 rings (SSSR count). The quantitative estimate of drug-likeness (QED) is 0.559. The average Bonchev–Trinajstić information content (AvgIpc) is 3.60. The van der Waals surface area contributed by atoms with Crippen LogP contribution < -0.4 is 5.32 Å². The Morgan fingerprint density at radius 3 is 2.60 bits per heavy atom. The van der Waals surface area contributed by atoms with Gasteiger partial charge in [-0.1, -0.05) is 35.5 Å². The van der Waals surface area contributed by atoms with Crippen molar-refractivity contribution in [2.45, 2.75) is 50.1 Å². The summed E-state index contributed by atoms with van der Waals surface area (Å²) in [7, 11) is -3.44. The van der Waals surface area contributed by atoms with Crippen molar-refractivity contribution in [2.24, 2.45) is 0 Å². The van der Waals surface area contributed by atoms with E-state index in [-0.39, 0.29) is 23.7 Å². The van der Waals surface area contributed by atoms with Gasteiger partial charge >= 0.3 is 0 Å². The van der Waals surface area contributed by atoms with Crippen molar-refractivity contribution in [3.63, 3.8) is 0 Å². The Bertz CT molecular complexity index is 1100. The Hall–Kier alpha value is -2.27. The van der Waals surface area contributed by atoms with Gasteiger partial charge in [0.25, 0.3) is 5.91 Å². The predicted molar refractivity (Wildman–Crippen MR) is 131 cm³/mol. The summed E-state index contributed by atoms with van der Waals surface area (Å²) in [4.78, 5) is 15.0. The third-order valence-corrected chi connectivity index (χ3v) is 9.07. The number of aromatic nitrogens is 1. The second-order valence-electron chi connectivity index (χ2n) is 9.81. The molecule has 1 aromatic heterocycles. The second kappa shape index (κ2) is 10.8. The number of amides is 1. The summed E-state index contributed by atoms with van der Waals surface area (Å²) in [6.45, 7) is 3.73. The minimum absolute atomic E-state index is 0.0954. The molecule has 0 unspecified atom stereocenters. The highest BCUT2D eigenvalue weighted by atomic mass is 32.2. The Labute approximate surface area is 206 Å². The van der Waals surface area contributed by atoms with Crippen molar-refractivity contribution in [3.05, 3.63) is 53.4 Å². The van der Waals surface area contributed by atoms with Gasteiger partial charge in [0, 0.05) is 50.2 Å². The monoisotopic (exact) mass is 502 g/mol. The molecule has 1 aliphatic carbocycles. The number of ether oxygens (including phenoxy) is 1. The Morgan fingerprint density at radius 2 is 1.86 bits per heavy atom. The first-order valence-corrected chi connectivity index (χ1v) is 14.2. The van der Waals surface area contributed by atoms with Crippen molar-refractivity contribution < 1.29 is 22.5 Å². The maximum absolute atomic E-state index is 13.4. The van der Waals surface area contributed by atoms with Crippen LogP contribution in [0.5, 0.6) is 0 Å². The molecule has 35 heavy (non-hydrogen) atoms. The van der Waals surface area contributed by atoms with Gasteiger partial charge in [-0.2, -0.15) is 4.31 Å². The van der Waals surface area contributed by atoms with Crippen molar-refractivity contribution in [3.8, 4) is 0 Å². The van der Waals surface area contributed by atoms with E-state index in [0.29, 0.717) is 57.2 Å². The van der Waals surface area contributed by atoms with E-state index in [1.165, 1.54) is 0 Å². The molecule has 9 nitrogen and oxygen atoms in total. The number of piperidine rings is 1. The van der Waals surface area contributed by atoms with Gasteiger partial charge in [0.2, 0.25) is 10.0 Å². The molecule has 3 fully saturated rings. The normalized spacial score (nSPS) is 24.3. The van der Waals surface area contributed by atoms with Gasteiger partial charge in [-0.25, -0.2) is 8.42 Å². The fourth-order valence-corrected chi connectivity index (χ4v) is 6.72. The third-order valence-electron chi connectivity index (χ3n) is 7.18. The number of rotatable bonds is 9. The van der Waals surface area contributed by atoms with Crippen LogP contribution in [0.4, 0.5) is 0 Å². The standard InChI is InChI=1S/C25H34N4O5S/c30-25(23-18-24(34-27-23)20-6-7-20)26-21-8-9-29(22(17-21)16-19-4-2-1-3-5-19)35(31,32)15-12-28-10-13-33-14-11-28/h1-5,18,20-22H,6-17H2,(H,26,30)/t21-,22+/m0/s1. The summed E-state index contributed by atoms with van der Waals surface area (Å²) in [5.74, 6) is 1.01. The van der Waals surface area contributed by atoms with Crippen LogP contribution in [-0.2, 0) is 21.2 Å². The topological polar surface area (TPSA) is 105 Å². The number of nitrogens with zero attached hydrogens (tertiary/aromatic N) is 3. The molecule has 0 bridgehead atoms. The zero-order chi connectivity index (χ0) is 24.3. The molecule has 1 saturated carbocycles. The van der Waals surface area contributed by atoms with E-state index in [2.05, 4.69) is 15.4 Å². The maximum Gasteiger partial charge on any atom is 0.273 e. The van der Waals surface area contributed by atoms with E-state index < -0.39 is 10.0 Å². The summed E-state index contributed by atoms with van der Waals surface area (Å²) in [5, 5.41) is 7.02. The highest BCUT2D eigenvalue weighted by molar-refractivity contribution is 7.89. The van der Waals surface area contributed by atoms with Gasteiger partial charge in [0.15, 0.2) is 5.69 Å². The zero-order valence-electron chi connectivity index (χ0n) is 20.0. The molecule has 10 heteroatoms. The summed E-state index contributed by atoms with van der Waals surface area (Å²) in [5.41, 5.74) is 1.38. The molecule has 190 valence electrons. The van der Waals surface area contributed by atoms with E-state index in [9.17, 15) is 13.2 Å². The Kier molecular flexibility index (Phi) is 7.52. The largest absolute Gasteiger partial charge is 0.379 e. The summed E-state index contributed by atoms with van der Waals surface area (Å²) in [6.07, 6.45) is 3.90. The summed E-state index contributed by atoms with van der Waals surface area (Å²) >= 11 is 0. The molecule has 2 aliphatic heterocycles. The van der Waals surface area contributed by atoms with Crippen LogP contribution in [0.2, 0.25) is 0 Å². The second-order valence-corrected chi connectivity index (χ2v) is 11.8. The average molecular weight is 503 g/mol. The van der Waals surface area contributed by atoms with Crippen molar-refractivity contribution in [1.29, 1.82) is 0 Å². The first-order valence-electron chi connectivity index (χ1n) is 12.6. The van der Waals surface area contributed by atoms with Gasteiger partial charge in [0.1, 0.15) is 5.76 Å². The van der Waals surface area contributed by atoms with Crippen LogP contribution in [0.1, 0.15) is 53.4 Å². The SMILES string of the molecule is O=C(N[C@H]1CCN(S(=O)(=O)CCN2CCOCC2)[C@H](Cc2ccccc2)C1)c1cc(C2CC2)on1. The highest BCUT2D eigenvalue weighted by Crippen LogP contribution is 2.40. The van der Waals surface area contributed by atoms with Gasteiger partial charge in [-0.3, -0.25) is 9.69 Å². The van der Waals surface area contributed by atoms with Crippen molar-refractivity contribution in [2.75, 3.05) is 45.1 Å². The van der Waals surface area contributed by atoms with Gasteiger partial charge < -0.3 is 14.6 Å². The van der Waals surface area contributed by atoms with Gasteiger partial charge in [-0.15, -0.1) is 0 Å². The lowest BCUT2D eigenvalue weighted by molar-refractivity contribution is 0.0406. The fraction of sp³-hybridized carbons (Fsp3) is 0.600. The van der Waals surface area contributed by atoms with Crippen LogP contribution >= 0.6 is 0 Å². The number of hydrogen-bond acceptors (Lipinski definition) is 7. The predicted octanol–water partition coefficient (Wildman–Crippen LogP) is 2.02. The van der Waals surface area contributed by atoms with E-state index in [1.807, 2.05) is 30.3 Å². The van der Waals surface area contributed by atoms with Crippen LogP contribution in [0.3, 0.4) is 0 Å². The number of carbonyl (C=O) groups excluding carboxylic acids is 1. The minimum atomic E-state index is -3.44. The van der Waals surface area contributed by atoms with Crippen LogP contribution in [0.25, 0.3) is 0 Å². The number of hydrogen-bond donors (Lipinski definition) is 1. The molecule has 1 N–H and O–H groups in total. The van der Waals surface area contributed by atoms with Crippen molar-refractivity contribution in [1.82, 2.24) is 19.7 Å². The summed E-state index contributed by atoms with van der Waals surface area (Å²) < 4.78 is 39.2. The first-order chi connectivity index (χ1) is 17.0. The zero-order valence-corrected chi connectivity index (χ0v) is 20.8. The fourth-order valence-electron chi connectivity index (χ4n) is 5.00. The van der Waals surface area contributed by atoms with Crippen molar-refractivity contribution >= 4 is 15.9 Å². The molecular formula is C25H34N4O5S. The molecule has 3 heterocycles. The Morgan fingerprint density at radius 1 is 1.09 bits per heavy atom. The van der Waals surface area contributed by atoms with E-state index >= 15 is 0 Å². The highest BCUT2D eigenvalue weighted by Gasteiger charge is 2.37. The molecule has 1 aromatic carbocycles. The lowest BCUT2D eigenvalue weighted by Crippen LogP contribution is -2.54.